The van der Waals surface area contributed by atoms with Crippen LogP contribution in [0.25, 0.3) is 0 Å². The van der Waals surface area contributed by atoms with Crippen LogP contribution < -0.4 is 15.4 Å². The van der Waals surface area contributed by atoms with Gasteiger partial charge in [-0.05, 0) is 73.9 Å². The minimum atomic E-state index is -2.08. The van der Waals surface area contributed by atoms with Crippen LogP contribution in [0, 0.1) is 11.8 Å². The number of halogens is 2. The van der Waals surface area contributed by atoms with Crippen LogP contribution in [0.1, 0.15) is 61.5 Å². The second kappa shape index (κ2) is 14.9. The van der Waals surface area contributed by atoms with Crippen molar-refractivity contribution in [1.29, 1.82) is 0 Å². The molecule has 262 valence electrons. The molecule has 1 saturated carbocycles. The number of piperidine rings is 1. The van der Waals surface area contributed by atoms with E-state index in [0.717, 1.165) is 42.5 Å². The minimum Gasteiger partial charge on any atom is -0.497 e. The van der Waals surface area contributed by atoms with Gasteiger partial charge in [0.2, 0.25) is 11.6 Å². The molecule has 0 spiro atoms. The number of amides is 2. The van der Waals surface area contributed by atoms with Crippen LogP contribution in [0.4, 0.5) is 10.1 Å². The van der Waals surface area contributed by atoms with Crippen LogP contribution in [0.2, 0.25) is 5.02 Å². The standard InChI is InChI=1S/C37H50ClFN4O5/c1-46-22-26-19-42(20-32(26)31-13-6-27(38)18-34(31)41-16-14-25(15-17-41)35(40)44)36(45)37(39)23-43(28-7-11-30(48-3)12-8-28)21-33(37)24-4-9-29(47-2)10-5-24/h4-6,9-10,13,18,25-26,28,30,32-33H,7-8,11-12,14-17,19-23H2,1-3H3,(H2,40,44)/t26-,28-,30-,32+,33+,37+/m1/s1. The first-order valence-electron chi connectivity index (χ1n) is 17.4. The molecule has 0 unspecified atom stereocenters. The lowest BCUT2D eigenvalue weighted by molar-refractivity contribution is -0.143. The number of methoxy groups -OCH3 is 3. The molecule has 1 aliphatic carbocycles. The van der Waals surface area contributed by atoms with E-state index < -0.39 is 17.5 Å². The third-order valence-electron chi connectivity index (χ3n) is 11.5. The third kappa shape index (κ3) is 7.04. The van der Waals surface area contributed by atoms with E-state index >= 15 is 4.39 Å². The normalized spacial score (nSPS) is 30.1. The van der Waals surface area contributed by atoms with Gasteiger partial charge in [0, 0.05) is 93.9 Å². The SMILES string of the molecule is COC[C@H]1CN(C(=O)[C@]2(F)CN([C@H]3CC[C@H](OC)CC3)C[C@H]2c2ccc(OC)cc2)C[C@@H]1c1ccc(Cl)cc1N1CCC(C(N)=O)CC1. The first-order valence-corrected chi connectivity index (χ1v) is 17.7. The molecule has 0 radical (unpaired) electrons. The van der Waals surface area contributed by atoms with Crippen molar-refractivity contribution in [3.05, 3.63) is 58.6 Å². The van der Waals surface area contributed by atoms with Crippen LogP contribution in [0.5, 0.6) is 5.75 Å². The van der Waals surface area contributed by atoms with Crippen molar-refractivity contribution < 1.29 is 28.2 Å². The number of benzene rings is 2. The summed E-state index contributed by atoms with van der Waals surface area (Å²) in [5.74, 6) is -0.833. The lowest BCUT2D eigenvalue weighted by Gasteiger charge is -2.35. The highest BCUT2D eigenvalue weighted by molar-refractivity contribution is 6.30. The number of hydrogen-bond acceptors (Lipinski definition) is 7. The van der Waals surface area contributed by atoms with Crippen LogP contribution in [-0.2, 0) is 19.1 Å². The molecule has 6 rings (SSSR count). The number of nitrogens with two attached hydrogens (primary N) is 1. The van der Waals surface area contributed by atoms with E-state index in [9.17, 15) is 9.59 Å². The fraction of sp³-hybridized carbons (Fsp3) is 0.622. The quantitative estimate of drug-likeness (QED) is 0.376. The number of likely N-dealkylation sites (tertiary alicyclic amines) is 2. The largest absolute Gasteiger partial charge is 0.497 e. The number of carbonyl (C=O) groups excluding carboxylic acids is 2. The van der Waals surface area contributed by atoms with Gasteiger partial charge >= 0.3 is 0 Å². The molecule has 3 aliphatic heterocycles. The summed E-state index contributed by atoms with van der Waals surface area (Å²) in [5.41, 5.74) is 6.40. The highest BCUT2D eigenvalue weighted by atomic mass is 35.5. The van der Waals surface area contributed by atoms with Crippen LogP contribution >= 0.6 is 11.6 Å². The van der Waals surface area contributed by atoms with Gasteiger partial charge in [-0.3, -0.25) is 14.5 Å². The molecular weight excluding hydrogens is 635 g/mol. The zero-order valence-corrected chi connectivity index (χ0v) is 29.2. The van der Waals surface area contributed by atoms with E-state index in [2.05, 4.69) is 9.80 Å². The molecule has 3 heterocycles. The predicted molar refractivity (Wildman–Crippen MR) is 184 cm³/mol. The maximum absolute atomic E-state index is 17.8. The molecular formula is C37H50ClFN4O5. The summed E-state index contributed by atoms with van der Waals surface area (Å²) in [7, 11) is 5.04. The van der Waals surface area contributed by atoms with Crippen molar-refractivity contribution in [1.82, 2.24) is 9.80 Å². The van der Waals surface area contributed by atoms with E-state index in [1.54, 1.807) is 26.2 Å². The number of nitrogens with zero attached hydrogens (tertiary/aromatic N) is 3. The molecule has 4 aliphatic rings. The molecule has 2 aromatic carbocycles. The van der Waals surface area contributed by atoms with Gasteiger partial charge in [-0.15, -0.1) is 0 Å². The molecule has 2 N–H and O–H groups in total. The van der Waals surface area contributed by atoms with Crippen molar-refractivity contribution in [2.75, 3.05) is 72.1 Å². The molecule has 0 aromatic heterocycles. The van der Waals surface area contributed by atoms with Crippen molar-refractivity contribution in [3.63, 3.8) is 0 Å². The van der Waals surface area contributed by atoms with Crippen molar-refractivity contribution >= 4 is 29.1 Å². The number of anilines is 1. The summed E-state index contributed by atoms with van der Waals surface area (Å²) in [6, 6.07) is 13.6. The molecule has 4 fully saturated rings. The summed E-state index contributed by atoms with van der Waals surface area (Å²) in [6.07, 6.45) is 5.33. The molecule has 3 saturated heterocycles. The van der Waals surface area contributed by atoms with E-state index in [1.807, 2.05) is 42.5 Å². The maximum atomic E-state index is 17.8. The fourth-order valence-electron chi connectivity index (χ4n) is 8.74. The van der Waals surface area contributed by atoms with E-state index in [1.165, 1.54) is 0 Å². The fourth-order valence-corrected chi connectivity index (χ4v) is 8.91. The Balaban J connectivity index is 1.27. The van der Waals surface area contributed by atoms with E-state index in [4.69, 9.17) is 31.5 Å². The Morgan fingerprint density at radius 2 is 1.67 bits per heavy atom. The third-order valence-corrected chi connectivity index (χ3v) is 11.7. The summed E-state index contributed by atoms with van der Waals surface area (Å²) in [4.78, 5) is 32.7. The number of carbonyl (C=O) groups is 2. The van der Waals surface area contributed by atoms with Crippen molar-refractivity contribution in [3.8, 4) is 5.75 Å². The van der Waals surface area contributed by atoms with E-state index in [-0.39, 0.29) is 42.4 Å². The molecule has 4 atom stereocenters. The van der Waals surface area contributed by atoms with Gasteiger partial charge in [0.25, 0.3) is 5.91 Å². The lowest BCUT2D eigenvalue weighted by atomic mass is 9.85. The zero-order valence-electron chi connectivity index (χ0n) is 28.4. The number of primary amides is 1. The summed E-state index contributed by atoms with van der Waals surface area (Å²) < 4.78 is 34.5. The number of ether oxygens (including phenoxy) is 3. The van der Waals surface area contributed by atoms with Crippen molar-refractivity contribution in [2.45, 2.75) is 68.2 Å². The smallest absolute Gasteiger partial charge is 0.262 e. The van der Waals surface area contributed by atoms with Crippen LogP contribution in [0.3, 0.4) is 0 Å². The average molecular weight is 685 g/mol. The number of rotatable bonds is 10. The van der Waals surface area contributed by atoms with Gasteiger partial charge < -0.3 is 29.7 Å². The second-order valence-corrected chi connectivity index (χ2v) is 14.6. The first-order chi connectivity index (χ1) is 23.1. The van der Waals surface area contributed by atoms with Gasteiger partial charge in [-0.1, -0.05) is 29.8 Å². The maximum Gasteiger partial charge on any atom is 0.262 e. The van der Waals surface area contributed by atoms with Crippen LogP contribution in [-0.4, -0.2) is 107 Å². The van der Waals surface area contributed by atoms with Crippen molar-refractivity contribution in [2.24, 2.45) is 17.6 Å². The minimum absolute atomic E-state index is 0.0214. The highest BCUT2D eigenvalue weighted by Crippen LogP contribution is 2.46. The van der Waals surface area contributed by atoms with Gasteiger partial charge in [0.05, 0.1) is 19.8 Å². The Kier molecular flexibility index (Phi) is 10.8. The Labute approximate surface area is 288 Å². The second-order valence-electron chi connectivity index (χ2n) is 14.2. The lowest BCUT2D eigenvalue weighted by Crippen LogP contribution is -2.50. The molecule has 11 heteroatoms. The monoisotopic (exact) mass is 684 g/mol. The average Bonchev–Trinajstić information content (AvgIpc) is 3.70. The topological polar surface area (TPSA) is 97.6 Å². The van der Waals surface area contributed by atoms with Crippen LogP contribution in [0.15, 0.2) is 42.5 Å². The Morgan fingerprint density at radius 1 is 0.958 bits per heavy atom. The summed E-state index contributed by atoms with van der Waals surface area (Å²) >= 11 is 6.53. The van der Waals surface area contributed by atoms with Gasteiger partial charge in [0.15, 0.2) is 0 Å². The molecule has 48 heavy (non-hydrogen) atoms. The molecule has 2 amide bonds. The first kappa shape index (κ1) is 34.9. The Bertz CT molecular complexity index is 1430. The van der Waals surface area contributed by atoms with E-state index in [0.29, 0.717) is 62.9 Å². The number of alkyl halides is 1. The molecule has 2 aromatic rings. The van der Waals surface area contributed by atoms with Gasteiger partial charge in [0.1, 0.15) is 5.75 Å². The Morgan fingerprint density at radius 3 is 2.29 bits per heavy atom. The Hall–Kier alpha value is -2.92. The molecule has 0 bridgehead atoms. The number of hydrogen-bond donors (Lipinski definition) is 1. The highest BCUT2D eigenvalue weighted by Gasteiger charge is 2.57. The summed E-state index contributed by atoms with van der Waals surface area (Å²) in [6.45, 7) is 3.16. The van der Waals surface area contributed by atoms with Gasteiger partial charge in [-0.2, -0.15) is 0 Å². The van der Waals surface area contributed by atoms with Gasteiger partial charge in [-0.25, -0.2) is 4.39 Å². The summed E-state index contributed by atoms with van der Waals surface area (Å²) in [5, 5.41) is 0.621. The molecule has 9 nitrogen and oxygen atoms in total. The zero-order chi connectivity index (χ0) is 34.0. The predicted octanol–water partition coefficient (Wildman–Crippen LogP) is 5.00.